The summed E-state index contributed by atoms with van der Waals surface area (Å²) in [4.78, 5) is 3.53. The van der Waals surface area contributed by atoms with Gasteiger partial charge in [-0.15, -0.1) is 0 Å². The maximum absolute atomic E-state index is 12.7. The molecule has 0 amide bonds. The maximum Gasteiger partial charge on any atom is 0.433 e. The van der Waals surface area contributed by atoms with E-state index >= 15 is 0 Å². The van der Waals surface area contributed by atoms with Crippen LogP contribution in [0.3, 0.4) is 0 Å². The third-order valence-electron chi connectivity index (χ3n) is 2.31. The second-order valence-electron chi connectivity index (χ2n) is 3.45. The van der Waals surface area contributed by atoms with E-state index in [9.17, 15) is 13.2 Å². The summed E-state index contributed by atoms with van der Waals surface area (Å²) in [5.74, 6) is 5.24. The molecule has 0 fully saturated rings. The van der Waals surface area contributed by atoms with E-state index in [1.54, 1.807) is 6.07 Å². The molecule has 0 bridgehead atoms. The largest absolute Gasteiger partial charge is 0.433 e. The monoisotopic (exact) mass is 339 g/mol. The molecule has 3 N–H and O–H groups in total. The number of halogens is 5. The van der Waals surface area contributed by atoms with Gasteiger partial charge < -0.3 is 5.43 Å². The van der Waals surface area contributed by atoms with Crippen molar-refractivity contribution in [3.63, 3.8) is 0 Å². The molecule has 0 radical (unpaired) electrons. The molecule has 18 heavy (non-hydrogen) atoms. The number of rotatable bonds is 1. The van der Waals surface area contributed by atoms with Crippen molar-refractivity contribution in [1.82, 2.24) is 4.98 Å². The molecule has 0 saturated heterocycles. The fourth-order valence-electron chi connectivity index (χ4n) is 1.53. The average Bonchev–Trinajstić information content (AvgIpc) is 2.31. The quantitative estimate of drug-likeness (QED) is 0.610. The lowest BCUT2D eigenvalue weighted by molar-refractivity contribution is -0.140. The summed E-state index contributed by atoms with van der Waals surface area (Å²) >= 11 is 9.08. The molecular weight excluding hydrogens is 334 g/mol. The van der Waals surface area contributed by atoms with Crippen LogP contribution in [0.15, 0.2) is 22.7 Å². The van der Waals surface area contributed by atoms with Crippen LogP contribution < -0.4 is 11.3 Å². The third kappa shape index (κ3) is 2.25. The molecular formula is C10H6BrClF3N3. The molecule has 2 aromatic rings. The van der Waals surface area contributed by atoms with Crippen LogP contribution in [0.25, 0.3) is 10.9 Å². The molecule has 0 unspecified atom stereocenters. The van der Waals surface area contributed by atoms with Gasteiger partial charge in [-0.05, 0) is 18.2 Å². The van der Waals surface area contributed by atoms with E-state index in [0.717, 1.165) is 6.07 Å². The van der Waals surface area contributed by atoms with Crippen molar-refractivity contribution in [2.24, 2.45) is 5.84 Å². The molecule has 3 nitrogen and oxygen atoms in total. The van der Waals surface area contributed by atoms with Gasteiger partial charge in [0.2, 0.25) is 0 Å². The third-order valence-corrected chi connectivity index (χ3v) is 3.27. The number of aromatic nitrogens is 1. The van der Waals surface area contributed by atoms with Crippen LogP contribution in [0.5, 0.6) is 0 Å². The lowest BCUT2D eigenvalue weighted by Gasteiger charge is -2.13. The molecule has 0 spiro atoms. The molecule has 1 aromatic heterocycles. The minimum atomic E-state index is -4.56. The summed E-state index contributed by atoms with van der Waals surface area (Å²) in [5.41, 5.74) is 1.30. The fraction of sp³-hybridized carbons (Fsp3) is 0.100. The summed E-state index contributed by atoms with van der Waals surface area (Å²) in [6.07, 6.45) is -4.56. The van der Waals surface area contributed by atoms with Crippen molar-refractivity contribution in [1.29, 1.82) is 0 Å². The first-order valence-corrected chi connectivity index (χ1v) is 5.84. The predicted octanol–water partition coefficient (Wildman–Crippen LogP) is 3.96. The standard InChI is InChI=1S/C10H6BrClF3N3/c11-4-1-2-5(12)9-8(4)6(18-16)3-7(17-9)10(13,14)15/h1-3H,16H2,(H,17,18). The Morgan fingerprint density at radius 2 is 2.00 bits per heavy atom. The smallest absolute Gasteiger partial charge is 0.323 e. The van der Waals surface area contributed by atoms with Crippen LogP contribution in [0.4, 0.5) is 18.9 Å². The van der Waals surface area contributed by atoms with Gasteiger partial charge in [0.15, 0.2) is 0 Å². The Bertz CT molecular complexity index is 615. The van der Waals surface area contributed by atoms with Gasteiger partial charge in [-0.25, -0.2) is 4.98 Å². The van der Waals surface area contributed by atoms with E-state index in [1.807, 2.05) is 0 Å². The van der Waals surface area contributed by atoms with Crippen LogP contribution in [0, 0.1) is 0 Å². The van der Waals surface area contributed by atoms with Gasteiger partial charge in [-0.2, -0.15) is 13.2 Å². The topological polar surface area (TPSA) is 50.9 Å². The van der Waals surface area contributed by atoms with Crippen molar-refractivity contribution in [3.8, 4) is 0 Å². The van der Waals surface area contributed by atoms with E-state index in [2.05, 4.69) is 26.3 Å². The number of fused-ring (bicyclic) bond motifs is 1. The number of hydrogen-bond donors (Lipinski definition) is 2. The molecule has 96 valence electrons. The van der Waals surface area contributed by atoms with Crippen molar-refractivity contribution < 1.29 is 13.2 Å². The number of nitrogens with two attached hydrogens (primary N) is 1. The molecule has 0 saturated carbocycles. The first-order valence-electron chi connectivity index (χ1n) is 4.67. The first kappa shape index (κ1) is 13.4. The van der Waals surface area contributed by atoms with Crippen molar-refractivity contribution >= 4 is 44.1 Å². The van der Waals surface area contributed by atoms with Gasteiger partial charge in [-0.1, -0.05) is 27.5 Å². The zero-order valence-corrected chi connectivity index (χ0v) is 11.0. The van der Waals surface area contributed by atoms with Crippen molar-refractivity contribution in [3.05, 3.63) is 33.4 Å². The molecule has 8 heteroatoms. The van der Waals surface area contributed by atoms with Crippen LogP contribution >= 0.6 is 27.5 Å². The number of nitrogens with one attached hydrogen (secondary N) is 1. The summed E-state index contributed by atoms with van der Waals surface area (Å²) in [6.45, 7) is 0. The number of nitrogen functional groups attached to an aromatic ring is 1. The van der Waals surface area contributed by atoms with Crippen LogP contribution in [0.1, 0.15) is 5.69 Å². The molecule has 0 atom stereocenters. The van der Waals surface area contributed by atoms with Gasteiger partial charge in [0.1, 0.15) is 5.69 Å². The molecule has 1 aromatic carbocycles. The highest BCUT2D eigenvalue weighted by atomic mass is 79.9. The minimum Gasteiger partial charge on any atom is -0.323 e. The minimum absolute atomic E-state index is 0.0359. The molecule has 1 heterocycles. The fourth-order valence-corrected chi connectivity index (χ4v) is 2.26. The van der Waals surface area contributed by atoms with Crippen LogP contribution in [0.2, 0.25) is 5.02 Å². The average molecular weight is 341 g/mol. The summed E-state index contributed by atoms with van der Waals surface area (Å²) in [5, 5.41) is 0.522. The molecule has 0 aliphatic heterocycles. The van der Waals surface area contributed by atoms with Crippen molar-refractivity contribution in [2.45, 2.75) is 6.18 Å². The highest BCUT2D eigenvalue weighted by Gasteiger charge is 2.33. The predicted molar refractivity (Wildman–Crippen MR) is 67.3 cm³/mol. The van der Waals surface area contributed by atoms with E-state index in [4.69, 9.17) is 17.4 Å². The van der Waals surface area contributed by atoms with E-state index in [1.165, 1.54) is 6.07 Å². The normalized spacial score (nSPS) is 11.9. The Kier molecular flexibility index (Phi) is 3.39. The summed E-state index contributed by atoms with van der Waals surface area (Å²) in [6, 6.07) is 3.91. The zero-order chi connectivity index (χ0) is 13.5. The number of pyridine rings is 1. The summed E-state index contributed by atoms with van der Waals surface area (Å²) < 4.78 is 38.6. The second kappa shape index (κ2) is 4.56. The van der Waals surface area contributed by atoms with Crippen LogP contribution in [-0.2, 0) is 6.18 Å². The van der Waals surface area contributed by atoms with Gasteiger partial charge in [0, 0.05) is 9.86 Å². The maximum atomic E-state index is 12.7. The highest BCUT2D eigenvalue weighted by molar-refractivity contribution is 9.10. The first-order chi connectivity index (χ1) is 8.34. The number of benzene rings is 1. The number of alkyl halides is 3. The Morgan fingerprint density at radius 3 is 2.56 bits per heavy atom. The Hall–Kier alpha value is -1.05. The SMILES string of the molecule is NNc1cc(C(F)(F)F)nc2c(Cl)ccc(Br)c12. The van der Waals surface area contributed by atoms with Crippen LogP contribution in [-0.4, -0.2) is 4.98 Å². The van der Waals surface area contributed by atoms with Gasteiger partial charge >= 0.3 is 6.18 Å². The lowest BCUT2D eigenvalue weighted by atomic mass is 10.1. The summed E-state index contributed by atoms with van der Waals surface area (Å²) in [7, 11) is 0. The van der Waals surface area contributed by atoms with E-state index in [-0.39, 0.29) is 16.2 Å². The van der Waals surface area contributed by atoms with Gasteiger partial charge in [-0.3, -0.25) is 5.84 Å². The highest BCUT2D eigenvalue weighted by Crippen LogP contribution is 2.38. The molecule has 0 aliphatic carbocycles. The second-order valence-corrected chi connectivity index (χ2v) is 4.71. The molecule has 2 rings (SSSR count). The van der Waals surface area contributed by atoms with Gasteiger partial charge in [0.25, 0.3) is 0 Å². The number of anilines is 1. The number of nitrogens with zero attached hydrogens (tertiary/aromatic N) is 1. The van der Waals surface area contributed by atoms with Gasteiger partial charge in [0.05, 0.1) is 16.2 Å². The Labute approximate surface area is 113 Å². The van der Waals surface area contributed by atoms with Crippen molar-refractivity contribution in [2.75, 3.05) is 5.43 Å². The molecule has 0 aliphatic rings. The number of hydrazine groups is 1. The number of hydrogen-bond acceptors (Lipinski definition) is 3. The van der Waals surface area contributed by atoms with E-state index in [0.29, 0.717) is 9.86 Å². The Morgan fingerprint density at radius 1 is 1.33 bits per heavy atom. The lowest BCUT2D eigenvalue weighted by Crippen LogP contribution is -2.13. The van der Waals surface area contributed by atoms with E-state index < -0.39 is 11.9 Å². The zero-order valence-electron chi connectivity index (χ0n) is 8.65. The Balaban J connectivity index is 2.88.